The number of nitrogens with one attached hydrogen (secondary N) is 1. The number of rotatable bonds is 6. The molecule has 0 amide bonds. The highest BCUT2D eigenvalue weighted by molar-refractivity contribution is 5.76. The molecule has 0 radical (unpaired) electrons. The lowest BCUT2D eigenvalue weighted by atomic mass is 10.3. The molecule has 1 aliphatic carbocycles. The molecule has 0 bridgehead atoms. The van der Waals surface area contributed by atoms with Crippen LogP contribution in [0.25, 0.3) is 0 Å². The first-order valence-corrected chi connectivity index (χ1v) is 5.70. The number of hydrogen-bond acceptors (Lipinski definition) is 3. The molecule has 1 heterocycles. The molecule has 5 heteroatoms. The summed E-state index contributed by atoms with van der Waals surface area (Å²) in [4.78, 5) is 2.38. The lowest BCUT2D eigenvalue weighted by Gasteiger charge is -2.20. The fraction of sp³-hybridized carbons (Fsp3) is 0.636. The number of nitrogens with two attached hydrogens (primary N) is 1. The summed E-state index contributed by atoms with van der Waals surface area (Å²) in [5.74, 6) is 0.270. The van der Waals surface area contributed by atoms with Gasteiger partial charge in [0.25, 0.3) is 0 Å². The van der Waals surface area contributed by atoms with E-state index >= 15 is 0 Å². The molecule has 2 rings (SSSR count). The Bertz CT molecular complexity index is 366. The number of aryl methyl sites for hydroxylation is 1. The Hall–Kier alpha value is -1.36. The molecule has 5 nitrogen and oxygen atoms in total. The average Bonchev–Trinajstić information content (AvgIpc) is 2.98. The van der Waals surface area contributed by atoms with Gasteiger partial charge in [-0.05, 0) is 18.9 Å². The minimum Gasteiger partial charge on any atom is -0.388 e. The number of nitrogens with zero attached hydrogens (tertiary/aromatic N) is 3. The van der Waals surface area contributed by atoms with Crippen molar-refractivity contribution in [2.75, 3.05) is 6.54 Å². The van der Waals surface area contributed by atoms with E-state index in [1.165, 1.54) is 12.8 Å². The van der Waals surface area contributed by atoms with Crippen molar-refractivity contribution in [3.63, 3.8) is 0 Å². The molecule has 1 aromatic heterocycles. The maximum Gasteiger partial charge on any atom is 0.0918 e. The van der Waals surface area contributed by atoms with E-state index in [2.05, 4.69) is 10.00 Å². The van der Waals surface area contributed by atoms with Crippen LogP contribution in [0.4, 0.5) is 0 Å². The third-order valence-corrected chi connectivity index (χ3v) is 2.87. The van der Waals surface area contributed by atoms with Gasteiger partial charge in [-0.15, -0.1) is 0 Å². The zero-order valence-electron chi connectivity index (χ0n) is 9.69. The van der Waals surface area contributed by atoms with Gasteiger partial charge in [0, 0.05) is 38.8 Å². The fourth-order valence-corrected chi connectivity index (χ4v) is 1.85. The van der Waals surface area contributed by atoms with Crippen LogP contribution in [0.5, 0.6) is 0 Å². The molecule has 1 aromatic rings. The predicted molar refractivity (Wildman–Crippen MR) is 63.2 cm³/mol. The van der Waals surface area contributed by atoms with Crippen molar-refractivity contribution in [3.8, 4) is 0 Å². The number of hydrogen-bond donors (Lipinski definition) is 2. The molecule has 0 unspecified atom stereocenters. The summed E-state index contributed by atoms with van der Waals surface area (Å²) in [6, 6.07) is 2.73. The molecule has 0 spiro atoms. The maximum atomic E-state index is 7.26. The van der Waals surface area contributed by atoms with Crippen LogP contribution >= 0.6 is 0 Å². The van der Waals surface area contributed by atoms with Crippen LogP contribution in [0, 0.1) is 5.41 Å². The fourth-order valence-electron chi connectivity index (χ4n) is 1.85. The summed E-state index contributed by atoms with van der Waals surface area (Å²) in [5.41, 5.74) is 6.49. The van der Waals surface area contributed by atoms with Crippen LogP contribution in [-0.2, 0) is 13.6 Å². The minimum atomic E-state index is 0.270. The molecule has 3 N–H and O–H groups in total. The van der Waals surface area contributed by atoms with Crippen molar-refractivity contribution in [2.24, 2.45) is 12.8 Å². The molecule has 1 aliphatic rings. The Morgan fingerprint density at radius 2 is 2.44 bits per heavy atom. The van der Waals surface area contributed by atoms with E-state index in [-0.39, 0.29) is 5.84 Å². The van der Waals surface area contributed by atoms with Gasteiger partial charge >= 0.3 is 0 Å². The molecule has 0 aromatic carbocycles. The number of aromatic nitrogens is 2. The Morgan fingerprint density at radius 1 is 1.69 bits per heavy atom. The lowest BCUT2D eigenvalue weighted by molar-refractivity contribution is 0.258. The summed E-state index contributed by atoms with van der Waals surface area (Å²) in [5, 5.41) is 11.6. The van der Waals surface area contributed by atoms with E-state index in [1.54, 1.807) is 0 Å². The minimum absolute atomic E-state index is 0.270. The van der Waals surface area contributed by atoms with Crippen molar-refractivity contribution in [3.05, 3.63) is 18.0 Å². The first kappa shape index (κ1) is 11.1. The second-order valence-electron chi connectivity index (χ2n) is 4.46. The molecule has 0 atom stereocenters. The first-order chi connectivity index (χ1) is 7.65. The van der Waals surface area contributed by atoms with E-state index in [1.807, 2.05) is 24.0 Å². The second-order valence-corrected chi connectivity index (χ2v) is 4.46. The van der Waals surface area contributed by atoms with Crippen LogP contribution in [0.15, 0.2) is 12.3 Å². The molecule has 0 aliphatic heterocycles. The Kier molecular flexibility index (Phi) is 3.24. The molecule has 1 fully saturated rings. The van der Waals surface area contributed by atoms with Gasteiger partial charge in [-0.3, -0.25) is 15.0 Å². The van der Waals surface area contributed by atoms with Gasteiger partial charge in [-0.2, -0.15) is 5.10 Å². The zero-order chi connectivity index (χ0) is 11.5. The van der Waals surface area contributed by atoms with Gasteiger partial charge in [0.15, 0.2) is 0 Å². The van der Waals surface area contributed by atoms with Gasteiger partial charge in [-0.25, -0.2) is 0 Å². The smallest absolute Gasteiger partial charge is 0.0918 e. The maximum absolute atomic E-state index is 7.26. The lowest BCUT2D eigenvalue weighted by Crippen LogP contribution is -2.29. The summed E-state index contributed by atoms with van der Waals surface area (Å²) in [7, 11) is 1.93. The monoisotopic (exact) mass is 221 g/mol. The van der Waals surface area contributed by atoms with Crippen LogP contribution in [0.3, 0.4) is 0 Å². The van der Waals surface area contributed by atoms with Crippen molar-refractivity contribution < 1.29 is 0 Å². The molecular formula is C11H19N5. The van der Waals surface area contributed by atoms with Crippen molar-refractivity contribution in [1.82, 2.24) is 14.7 Å². The van der Waals surface area contributed by atoms with E-state index in [0.717, 1.165) is 18.8 Å². The first-order valence-electron chi connectivity index (χ1n) is 5.70. The highest BCUT2D eigenvalue weighted by atomic mass is 15.3. The molecule has 0 saturated heterocycles. The summed E-state index contributed by atoms with van der Waals surface area (Å²) < 4.78 is 1.82. The van der Waals surface area contributed by atoms with E-state index in [4.69, 9.17) is 11.1 Å². The summed E-state index contributed by atoms with van der Waals surface area (Å²) in [6.07, 6.45) is 5.16. The van der Waals surface area contributed by atoms with Crippen LogP contribution in [-0.4, -0.2) is 33.1 Å². The van der Waals surface area contributed by atoms with E-state index < -0.39 is 0 Å². The highest BCUT2D eigenvalue weighted by Gasteiger charge is 2.29. The quantitative estimate of drug-likeness (QED) is 0.549. The van der Waals surface area contributed by atoms with Crippen molar-refractivity contribution >= 4 is 5.84 Å². The van der Waals surface area contributed by atoms with Gasteiger partial charge in [-0.1, -0.05) is 0 Å². The SMILES string of the molecule is Cn1ccc(CN(CCC(=N)N)C2CC2)n1. The van der Waals surface area contributed by atoms with Crippen molar-refractivity contribution in [2.45, 2.75) is 31.8 Å². The topological polar surface area (TPSA) is 70.9 Å². The molecule has 1 saturated carbocycles. The van der Waals surface area contributed by atoms with Crippen molar-refractivity contribution in [1.29, 1.82) is 5.41 Å². The number of amidine groups is 1. The Labute approximate surface area is 95.7 Å². The average molecular weight is 221 g/mol. The predicted octanol–water partition coefficient (Wildman–Crippen LogP) is 0.711. The largest absolute Gasteiger partial charge is 0.388 e. The van der Waals surface area contributed by atoms with Gasteiger partial charge in [0.1, 0.15) is 0 Å². The second kappa shape index (κ2) is 4.65. The zero-order valence-corrected chi connectivity index (χ0v) is 9.69. The van der Waals surface area contributed by atoms with Gasteiger partial charge in [0.05, 0.1) is 11.5 Å². The molecular weight excluding hydrogens is 202 g/mol. The van der Waals surface area contributed by atoms with Gasteiger partial charge in [0.2, 0.25) is 0 Å². The van der Waals surface area contributed by atoms with Crippen LogP contribution < -0.4 is 5.73 Å². The third-order valence-electron chi connectivity index (χ3n) is 2.87. The molecule has 88 valence electrons. The third kappa shape index (κ3) is 3.06. The van der Waals surface area contributed by atoms with Crippen LogP contribution in [0.2, 0.25) is 0 Å². The van der Waals surface area contributed by atoms with Crippen LogP contribution in [0.1, 0.15) is 25.0 Å². The van der Waals surface area contributed by atoms with E-state index in [0.29, 0.717) is 12.5 Å². The highest BCUT2D eigenvalue weighted by Crippen LogP contribution is 2.28. The summed E-state index contributed by atoms with van der Waals surface area (Å²) >= 11 is 0. The Morgan fingerprint density at radius 3 is 2.94 bits per heavy atom. The van der Waals surface area contributed by atoms with Gasteiger partial charge < -0.3 is 5.73 Å². The standard InChI is InChI=1S/C11H19N5/c1-15-6-4-9(14-15)8-16(10-2-3-10)7-5-11(12)13/h4,6,10H,2-3,5,7-8H2,1H3,(H3,12,13). The summed E-state index contributed by atoms with van der Waals surface area (Å²) in [6.45, 7) is 1.75. The van der Waals surface area contributed by atoms with E-state index in [9.17, 15) is 0 Å². The molecule has 16 heavy (non-hydrogen) atoms. The Balaban J connectivity index is 1.89. The normalized spacial score (nSPS) is 15.6.